The number of hydrogen-bond acceptors (Lipinski definition) is 0. The largest absolute Gasteiger partial charge is 0.103 e. The summed E-state index contributed by atoms with van der Waals surface area (Å²) in [6, 6.07) is 19.7. The first-order valence-electron chi connectivity index (χ1n) is 5.07. The van der Waals surface area contributed by atoms with Crippen molar-refractivity contribution in [3.8, 4) is 11.1 Å². The maximum Gasteiger partial charge on any atom is -0.00699 e. The van der Waals surface area contributed by atoms with Crippen LogP contribution in [0.5, 0.6) is 0 Å². The monoisotopic (exact) mass is 193 g/mol. The van der Waals surface area contributed by atoms with E-state index in [-0.39, 0.29) is 0 Å². The minimum Gasteiger partial charge on any atom is -0.103 e. The van der Waals surface area contributed by atoms with E-state index >= 15 is 0 Å². The molecule has 0 aliphatic carbocycles. The highest BCUT2D eigenvalue weighted by atomic mass is 14.1. The summed E-state index contributed by atoms with van der Waals surface area (Å²) < 4.78 is 0. The van der Waals surface area contributed by atoms with Crippen molar-refractivity contribution in [2.45, 2.75) is 6.42 Å². The van der Waals surface area contributed by atoms with Crippen LogP contribution in [-0.4, -0.2) is 0 Å². The Morgan fingerprint density at radius 1 is 1.07 bits per heavy atom. The van der Waals surface area contributed by atoms with E-state index in [9.17, 15) is 0 Å². The molecule has 0 N–H and O–H groups in total. The standard InChI is InChI=1S/C15H13/c1-2-8-13-11-6-7-12-15(13)14-9-4-3-5-10-14/h2-7,9-11H,1,8H2. The van der Waals surface area contributed by atoms with E-state index in [1.54, 1.807) is 0 Å². The Balaban J connectivity index is 2.48. The maximum atomic E-state index is 3.78. The summed E-state index contributed by atoms with van der Waals surface area (Å²) in [5.41, 5.74) is 3.67. The second kappa shape index (κ2) is 4.61. The van der Waals surface area contributed by atoms with Gasteiger partial charge in [-0.25, -0.2) is 0 Å². The number of rotatable bonds is 3. The Labute approximate surface area is 90.9 Å². The van der Waals surface area contributed by atoms with Gasteiger partial charge in [-0.05, 0) is 29.2 Å². The lowest BCUT2D eigenvalue weighted by Crippen LogP contribution is -1.87. The molecule has 0 atom stereocenters. The molecule has 0 bridgehead atoms. The van der Waals surface area contributed by atoms with Crippen molar-refractivity contribution >= 4 is 0 Å². The van der Waals surface area contributed by atoms with Crippen molar-refractivity contribution in [3.05, 3.63) is 72.8 Å². The Hall–Kier alpha value is -1.82. The van der Waals surface area contributed by atoms with Crippen LogP contribution in [0.15, 0.2) is 61.2 Å². The molecule has 1 radical (unpaired) electrons. The van der Waals surface area contributed by atoms with Crippen molar-refractivity contribution < 1.29 is 0 Å². The van der Waals surface area contributed by atoms with Gasteiger partial charge in [-0.2, -0.15) is 0 Å². The fourth-order valence-corrected chi connectivity index (χ4v) is 1.67. The summed E-state index contributed by atoms with van der Waals surface area (Å²) in [7, 11) is 0. The van der Waals surface area contributed by atoms with Gasteiger partial charge >= 0.3 is 0 Å². The van der Waals surface area contributed by atoms with Crippen LogP contribution in [0.25, 0.3) is 11.1 Å². The molecule has 0 saturated carbocycles. The van der Waals surface area contributed by atoms with Crippen LogP contribution in [-0.2, 0) is 6.42 Å². The topological polar surface area (TPSA) is 0 Å². The van der Waals surface area contributed by atoms with Gasteiger partial charge in [0.2, 0.25) is 0 Å². The Morgan fingerprint density at radius 2 is 1.87 bits per heavy atom. The SMILES string of the molecule is C=CCc1ccc[c]c1-c1ccccc1. The minimum absolute atomic E-state index is 0.890. The molecule has 0 aromatic heterocycles. The van der Waals surface area contributed by atoms with Crippen molar-refractivity contribution in [3.63, 3.8) is 0 Å². The molecule has 2 aromatic carbocycles. The number of hydrogen-bond donors (Lipinski definition) is 0. The first-order valence-corrected chi connectivity index (χ1v) is 5.07. The van der Waals surface area contributed by atoms with Gasteiger partial charge < -0.3 is 0 Å². The smallest absolute Gasteiger partial charge is 0.00699 e. The van der Waals surface area contributed by atoms with Crippen LogP contribution in [0.1, 0.15) is 5.56 Å². The Bertz CT molecular complexity index is 441. The molecule has 0 spiro atoms. The molecule has 0 heteroatoms. The zero-order valence-electron chi connectivity index (χ0n) is 8.61. The molecule has 0 fully saturated rings. The van der Waals surface area contributed by atoms with Crippen LogP contribution in [0.2, 0.25) is 0 Å². The van der Waals surface area contributed by atoms with E-state index in [1.165, 1.54) is 16.7 Å². The highest BCUT2D eigenvalue weighted by molar-refractivity contribution is 5.66. The second-order valence-electron chi connectivity index (χ2n) is 3.43. The minimum atomic E-state index is 0.890. The molecule has 2 rings (SSSR count). The zero-order valence-corrected chi connectivity index (χ0v) is 8.61. The molecule has 0 heterocycles. The normalized spacial score (nSPS) is 9.87. The van der Waals surface area contributed by atoms with Crippen molar-refractivity contribution in [2.75, 3.05) is 0 Å². The fourth-order valence-electron chi connectivity index (χ4n) is 1.67. The molecule has 0 saturated heterocycles. The van der Waals surface area contributed by atoms with Gasteiger partial charge in [0.15, 0.2) is 0 Å². The van der Waals surface area contributed by atoms with Gasteiger partial charge in [0.25, 0.3) is 0 Å². The van der Waals surface area contributed by atoms with E-state index in [0.717, 1.165) is 6.42 Å². The quantitative estimate of drug-likeness (QED) is 0.649. The van der Waals surface area contributed by atoms with Crippen molar-refractivity contribution in [1.82, 2.24) is 0 Å². The molecule has 0 unspecified atom stereocenters. The molecule has 0 amide bonds. The van der Waals surface area contributed by atoms with Gasteiger partial charge in [0.1, 0.15) is 0 Å². The predicted octanol–water partition coefficient (Wildman–Crippen LogP) is 3.88. The van der Waals surface area contributed by atoms with Crippen LogP contribution in [0.4, 0.5) is 0 Å². The third kappa shape index (κ3) is 2.16. The summed E-state index contributed by atoms with van der Waals surface area (Å²) in [5.74, 6) is 0. The Morgan fingerprint density at radius 3 is 2.60 bits per heavy atom. The molecule has 0 aliphatic heterocycles. The first-order chi connectivity index (χ1) is 7.42. The Kier molecular flexibility index (Phi) is 2.99. The van der Waals surface area contributed by atoms with E-state index < -0.39 is 0 Å². The lowest BCUT2D eigenvalue weighted by atomic mass is 9.98. The fraction of sp³-hybridized carbons (Fsp3) is 0.0667. The van der Waals surface area contributed by atoms with E-state index in [1.807, 2.05) is 36.4 Å². The molecule has 73 valence electrons. The van der Waals surface area contributed by atoms with Gasteiger partial charge in [0, 0.05) is 0 Å². The zero-order chi connectivity index (χ0) is 10.5. The lowest BCUT2D eigenvalue weighted by Gasteiger charge is -2.06. The molecule has 15 heavy (non-hydrogen) atoms. The van der Waals surface area contributed by atoms with Crippen molar-refractivity contribution in [2.24, 2.45) is 0 Å². The third-order valence-electron chi connectivity index (χ3n) is 2.37. The summed E-state index contributed by atoms with van der Waals surface area (Å²) in [5, 5.41) is 0. The van der Waals surface area contributed by atoms with E-state index in [2.05, 4.69) is 30.8 Å². The van der Waals surface area contributed by atoms with Crippen LogP contribution >= 0.6 is 0 Å². The summed E-state index contributed by atoms with van der Waals surface area (Å²) >= 11 is 0. The van der Waals surface area contributed by atoms with Gasteiger partial charge in [-0.3, -0.25) is 0 Å². The summed E-state index contributed by atoms with van der Waals surface area (Å²) in [4.78, 5) is 0. The highest BCUT2D eigenvalue weighted by Gasteiger charge is 2.01. The average molecular weight is 193 g/mol. The highest BCUT2D eigenvalue weighted by Crippen LogP contribution is 2.23. The van der Waals surface area contributed by atoms with Crippen LogP contribution in [0, 0.1) is 6.07 Å². The molecular weight excluding hydrogens is 180 g/mol. The maximum absolute atomic E-state index is 3.78. The van der Waals surface area contributed by atoms with E-state index in [0.29, 0.717) is 0 Å². The van der Waals surface area contributed by atoms with Gasteiger partial charge in [0.05, 0.1) is 0 Å². The number of allylic oxidation sites excluding steroid dienone is 1. The summed E-state index contributed by atoms with van der Waals surface area (Å²) in [6.45, 7) is 3.78. The molecule has 2 aromatic rings. The second-order valence-corrected chi connectivity index (χ2v) is 3.43. The third-order valence-corrected chi connectivity index (χ3v) is 2.37. The summed E-state index contributed by atoms with van der Waals surface area (Å²) in [6.07, 6.45) is 2.82. The van der Waals surface area contributed by atoms with Crippen LogP contribution in [0.3, 0.4) is 0 Å². The first kappa shape index (κ1) is 9.72. The van der Waals surface area contributed by atoms with Crippen LogP contribution < -0.4 is 0 Å². The predicted molar refractivity (Wildman–Crippen MR) is 64.6 cm³/mol. The molecular formula is C15H13. The van der Waals surface area contributed by atoms with Crippen molar-refractivity contribution in [1.29, 1.82) is 0 Å². The molecule has 0 aliphatic rings. The van der Waals surface area contributed by atoms with Gasteiger partial charge in [-0.1, -0.05) is 54.6 Å². The average Bonchev–Trinajstić information content (AvgIpc) is 2.31. The van der Waals surface area contributed by atoms with E-state index in [4.69, 9.17) is 0 Å². The molecule has 0 nitrogen and oxygen atoms in total. The van der Waals surface area contributed by atoms with Gasteiger partial charge in [-0.15, -0.1) is 6.58 Å². The lowest BCUT2D eigenvalue weighted by molar-refractivity contribution is 1.28. The number of benzene rings is 2.